The molecule has 2 aromatic rings. The summed E-state index contributed by atoms with van der Waals surface area (Å²) < 4.78 is 10.2. The summed E-state index contributed by atoms with van der Waals surface area (Å²) in [7, 11) is 1.62. The molecule has 1 aromatic carbocycles. The van der Waals surface area contributed by atoms with E-state index < -0.39 is 0 Å². The van der Waals surface area contributed by atoms with E-state index in [1.54, 1.807) is 14.0 Å². The Hall–Kier alpha value is -1.88. The van der Waals surface area contributed by atoms with Gasteiger partial charge in [0.05, 0.1) is 24.4 Å². The van der Waals surface area contributed by atoms with Crippen molar-refractivity contribution in [3.05, 3.63) is 34.2 Å². The first-order chi connectivity index (χ1) is 9.15. The summed E-state index contributed by atoms with van der Waals surface area (Å²) in [6.07, 6.45) is 0. The largest absolute Gasteiger partial charge is 0.497 e. The normalized spacial score (nSPS) is 10.3. The van der Waals surface area contributed by atoms with E-state index in [4.69, 9.17) is 9.47 Å². The van der Waals surface area contributed by atoms with E-state index in [9.17, 15) is 4.79 Å². The maximum Gasteiger partial charge on any atom is 0.350 e. The van der Waals surface area contributed by atoms with E-state index in [2.05, 4.69) is 4.98 Å². The Kier molecular flexibility index (Phi) is 4.16. The Balaban J connectivity index is 2.40. The fourth-order valence-electron chi connectivity index (χ4n) is 1.71. The number of nitrogens with zero attached hydrogens (tertiary/aromatic N) is 1. The topological polar surface area (TPSA) is 48.4 Å². The van der Waals surface area contributed by atoms with E-state index in [0.717, 1.165) is 16.3 Å². The smallest absolute Gasteiger partial charge is 0.350 e. The fraction of sp³-hybridized carbons (Fsp3) is 0.286. The minimum Gasteiger partial charge on any atom is -0.497 e. The predicted molar refractivity (Wildman–Crippen MR) is 74.8 cm³/mol. The number of methoxy groups -OCH3 is 1. The van der Waals surface area contributed by atoms with Crippen LogP contribution in [0, 0.1) is 6.92 Å². The highest BCUT2D eigenvalue weighted by molar-refractivity contribution is 7.14. The van der Waals surface area contributed by atoms with Crippen LogP contribution in [0.3, 0.4) is 0 Å². The lowest BCUT2D eigenvalue weighted by Crippen LogP contribution is -2.03. The molecule has 0 bridgehead atoms. The van der Waals surface area contributed by atoms with Gasteiger partial charge in [-0.2, -0.15) is 0 Å². The summed E-state index contributed by atoms with van der Waals surface area (Å²) >= 11 is 1.35. The van der Waals surface area contributed by atoms with Gasteiger partial charge in [-0.15, -0.1) is 11.3 Å². The highest BCUT2D eigenvalue weighted by Gasteiger charge is 2.19. The number of aromatic nitrogens is 1. The molecule has 0 saturated heterocycles. The number of carbonyl (C=O) groups is 1. The van der Waals surface area contributed by atoms with E-state index in [1.165, 1.54) is 11.3 Å². The summed E-state index contributed by atoms with van der Waals surface area (Å²) in [5, 5.41) is 0.842. The Morgan fingerprint density at radius 2 is 2.00 bits per heavy atom. The molecule has 0 amide bonds. The number of hydrogen-bond acceptors (Lipinski definition) is 5. The molecule has 0 aliphatic carbocycles. The first-order valence-electron chi connectivity index (χ1n) is 5.94. The molecule has 2 rings (SSSR count). The SMILES string of the molecule is CCOC(=O)c1sc(C)nc1-c1ccc(OC)cc1. The van der Waals surface area contributed by atoms with Crippen LogP contribution >= 0.6 is 11.3 Å². The lowest BCUT2D eigenvalue weighted by Gasteiger charge is -2.04. The second-order valence-corrected chi connectivity index (χ2v) is 5.06. The summed E-state index contributed by atoms with van der Waals surface area (Å²) in [6.45, 7) is 4.02. The van der Waals surface area contributed by atoms with Crippen molar-refractivity contribution in [2.75, 3.05) is 13.7 Å². The molecule has 0 unspecified atom stereocenters. The first kappa shape index (κ1) is 13.5. The molecule has 19 heavy (non-hydrogen) atoms. The minimum atomic E-state index is -0.320. The van der Waals surface area contributed by atoms with Gasteiger partial charge in [0, 0.05) is 5.56 Å². The van der Waals surface area contributed by atoms with Crippen LogP contribution in [-0.4, -0.2) is 24.7 Å². The third-order valence-electron chi connectivity index (χ3n) is 2.56. The van der Waals surface area contributed by atoms with Crippen molar-refractivity contribution in [2.24, 2.45) is 0 Å². The minimum absolute atomic E-state index is 0.320. The Bertz CT molecular complexity index is 575. The molecule has 0 saturated carbocycles. The quantitative estimate of drug-likeness (QED) is 0.804. The van der Waals surface area contributed by atoms with Crippen LogP contribution in [-0.2, 0) is 4.74 Å². The van der Waals surface area contributed by atoms with Crippen molar-refractivity contribution in [1.29, 1.82) is 0 Å². The van der Waals surface area contributed by atoms with Gasteiger partial charge in [-0.05, 0) is 38.1 Å². The van der Waals surface area contributed by atoms with Gasteiger partial charge in [0.15, 0.2) is 0 Å². The Morgan fingerprint density at radius 3 is 2.58 bits per heavy atom. The molecule has 0 aliphatic heterocycles. The Morgan fingerprint density at radius 1 is 1.32 bits per heavy atom. The zero-order chi connectivity index (χ0) is 13.8. The molecule has 0 spiro atoms. The maximum atomic E-state index is 11.9. The molecule has 4 nitrogen and oxygen atoms in total. The van der Waals surface area contributed by atoms with Gasteiger partial charge in [0.25, 0.3) is 0 Å². The van der Waals surface area contributed by atoms with Gasteiger partial charge in [-0.25, -0.2) is 9.78 Å². The molecular weight excluding hydrogens is 262 g/mol. The molecular formula is C14H15NO3S. The van der Waals surface area contributed by atoms with E-state index >= 15 is 0 Å². The van der Waals surface area contributed by atoms with Crippen LogP contribution < -0.4 is 4.74 Å². The predicted octanol–water partition coefficient (Wildman–Crippen LogP) is 3.30. The van der Waals surface area contributed by atoms with Gasteiger partial charge in [0.1, 0.15) is 10.6 Å². The summed E-state index contributed by atoms with van der Waals surface area (Å²) in [5.74, 6) is 0.451. The molecule has 0 aliphatic rings. The monoisotopic (exact) mass is 277 g/mol. The molecule has 0 fully saturated rings. The van der Waals surface area contributed by atoms with Crippen LogP contribution in [0.4, 0.5) is 0 Å². The molecule has 0 N–H and O–H groups in total. The highest BCUT2D eigenvalue weighted by atomic mass is 32.1. The highest BCUT2D eigenvalue weighted by Crippen LogP contribution is 2.29. The van der Waals surface area contributed by atoms with Gasteiger partial charge < -0.3 is 9.47 Å². The van der Waals surface area contributed by atoms with E-state index in [0.29, 0.717) is 17.2 Å². The maximum absolute atomic E-state index is 11.9. The van der Waals surface area contributed by atoms with Gasteiger partial charge in [-0.3, -0.25) is 0 Å². The molecule has 0 atom stereocenters. The number of hydrogen-bond donors (Lipinski definition) is 0. The van der Waals surface area contributed by atoms with Crippen molar-refractivity contribution >= 4 is 17.3 Å². The number of aryl methyl sites for hydroxylation is 1. The van der Waals surface area contributed by atoms with Crippen molar-refractivity contribution in [3.8, 4) is 17.0 Å². The molecule has 0 radical (unpaired) electrons. The molecule has 1 aromatic heterocycles. The molecule has 5 heteroatoms. The number of thiazole rings is 1. The second-order valence-electron chi connectivity index (χ2n) is 3.86. The van der Waals surface area contributed by atoms with Crippen molar-refractivity contribution in [2.45, 2.75) is 13.8 Å². The second kappa shape index (κ2) is 5.84. The summed E-state index contributed by atoms with van der Waals surface area (Å²) in [4.78, 5) is 16.9. The van der Waals surface area contributed by atoms with Gasteiger partial charge in [-0.1, -0.05) is 0 Å². The van der Waals surface area contributed by atoms with Crippen LogP contribution in [0.5, 0.6) is 5.75 Å². The van der Waals surface area contributed by atoms with Crippen molar-refractivity contribution < 1.29 is 14.3 Å². The summed E-state index contributed by atoms with van der Waals surface area (Å²) in [6, 6.07) is 7.46. The average molecular weight is 277 g/mol. The van der Waals surface area contributed by atoms with Crippen LogP contribution in [0.25, 0.3) is 11.3 Å². The first-order valence-corrected chi connectivity index (χ1v) is 6.76. The number of esters is 1. The third-order valence-corrected chi connectivity index (χ3v) is 3.51. The van der Waals surface area contributed by atoms with Crippen LogP contribution in [0.15, 0.2) is 24.3 Å². The zero-order valence-corrected chi connectivity index (χ0v) is 11.9. The zero-order valence-electron chi connectivity index (χ0n) is 11.1. The van der Waals surface area contributed by atoms with Crippen molar-refractivity contribution in [1.82, 2.24) is 4.98 Å². The number of carbonyl (C=O) groups excluding carboxylic acids is 1. The third kappa shape index (κ3) is 2.93. The summed E-state index contributed by atoms with van der Waals surface area (Å²) in [5.41, 5.74) is 1.55. The molecule has 1 heterocycles. The fourth-order valence-corrected chi connectivity index (χ4v) is 2.54. The van der Waals surface area contributed by atoms with E-state index in [-0.39, 0.29) is 5.97 Å². The van der Waals surface area contributed by atoms with Crippen LogP contribution in [0.1, 0.15) is 21.6 Å². The Labute approximate surface area is 116 Å². The lowest BCUT2D eigenvalue weighted by atomic mass is 10.1. The average Bonchev–Trinajstić information content (AvgIpc) is 2.81. The number of benzene rings is 1. The molecule has 100 valence electrons. The standard InChI is InChI=1S/C14H15NO3S/c1-4-18-14(16)13-12(15-9(2)19-13)10-5-7-11(17-3)8-6-10/h5-8H,4H2,1-3H3. The lowest BCUT2D eigenvalue weighted by molar-refractivity contribution is 0.0532. The number of ether oxygens (including phenoxy) is 2. The van der Waals surface area contributed by atoms with Gasteiger partial charge in [0.2, 0.25) is 0 Å². The van der Waals surface area contributed by atoms with Crippen LogP contribution in [0.2, 0.25) is 0 Å². The number of rotatable bonds is 4. The van der Waals surface area contributed by atoms with Gasteiger partial charge >= 0.3 is 5.97 Å². The van der Waals surface area contributed by atoms with Crippen molar-refractivity contribution in [3.63, 3.8) is 0 Å². The van der Waals surface area contributed by atoms with E-state index in [1.807, 2.05) is 31.2 Å².